The number of nitrogens with one attached hydrogen (secondary N) is 1. The second-order valence-corrected chi connectivity index (χ2v) is 4.97. The number of likely N-dealkylation sites (N-methyl/N-ethyl adjacent to an activating group) is 1. The standard InChI is InChI=1S/C17H23N3O/c1-3-20(12-13-21)16-9-7-15(8-10-16)19-14(2)17-6-4-5-11-18-17/h4-11,14,19,21H,3,12-13H2,1-2H3. The SMILES string of the molecule is CCN(CCO)c1ccc(NC(C)c2ccccn2)cc1. The zero-order chi connectivity index (χ0) is 15.1. The zero-order valence-corrected chi connectivity index (χ0v) is 12.7. The fourth-order valence-electron chi connectivity index (χ4n) is 2.32. The minimum atomic E-state index is 0.164. The van der Waals surface area contributed by atoms with E-state index in [-0.39, 0.29) is 12.6 Å². The summed E-state index contributed by atoms with van der Waals surface area (Å²) in [5.74, 6) is 0. The summed E-state index contributed by atoms with van der Waals surface area (Å²) in [6, 6.07) is 14.4. The first-order valence-electron chi connectivity index (χ1n) is 7.38. The van der Waals surface area contributed by atoms with Crippen molar-refractivity contribution in [2.75, 3.05) is 29.9 Å². The van der Waals surface area contributed by atoms with Gasteiger partial charge in [-0.05, 0) is 50.2 Å². The molecular formula is C17H23N3O. The molecule has 1 heterocycles. The summed E-state index contributed by atoms with van der Waals surface area (Å²) >= 11 is 0. The van der Waals surface area contributed by atoms with E-state index < -0.39 is 0 Å². The van der Waals surface area contributed by atoms with Crippen LogP contribution in [0.2, 0.25) is 0 Å². The van der Waals surface area contributed by atoms with Crippen molar-refractivity contribution in [3.05, 3.63) is 54.4 Å². The highest BCUT2D eigenvalue weighted by Gasteiger charge is 2.07. The first-order chi connectivity index (χ1) is 10.2. The Labute approximate surface area is 126 Å². The summed E-state index contributed by atoms with van der Waals surface area (Å²) in [6.07, 6.45) is 1.81. The van der Waals surface area contributed by atoms with E-state index in [1.807, 2.05) is 24.4 Å². The molecule has 0 saturated carbocycles. The van der Waals surface area contributed by atoms with Crippen molar-refractivity contribution >= 4 is 11.4 Å². The van der Waals surface area contributed by atoms with Crippen LogP contribution in [0.15, 0.2) is 48.7 Å². The third-order valence-electron chi connectivity index (χ3n) is 3.50. The molecule has 0 spiro atoms. The van der Waals surface area contributed by atoms with Gasteiger partial charge in [-0.2, -0.15) is 0 Å². The van der Waals surface area contributed by atoms with E-state index in [0.717, 1.165) is 23.6 Å². The molecule has 0 aliphatic carbocycles. The van der Waals surface area contributed by atoms with Gasteiger partial charge in [0, 0.05) is 30.7 Å². The molecule has 0 radical (unpaired) electrons. The lowest BCUT2D eigenvalue weighted by Crippen LogP contribution is -2.25. The van der Waals surface area contributed by atoms with Gasteiger partial charge in [0.05, 0.1) is 18.3 Å². The van der Waals surface area contributed by atoms with Crippen LogP contribution in [0.1, 0.15) is 25.6 Å². The van der Waals surface area contributed by atoms with Gasteiger partial charge in [0.1, 0.15) is 0 Å². The number of nitrogens with zero attached hydrogens (tertiary/aromatic N) is 2. The maximum Gasteiger partial charge on any atom is 0.0657 e. The molecule has 2 aromatic rings. The summed E-state index contributed by atoms with van der Waals surface area (Å²) in [5.41, 5.74) is 3.22. The van der Waals surface area contributed by atoms with E-state index >= 15 is 0 Å². The van der Waals surface area contributed by atoms with Crippen LogP contribution in [0.5, 0.6) is 0 Å². The Bertz CT molecular complexity index is 527. The number of pyridine rings is 1. The van der Waals surface area contributed by atoms with Crippen LogP contribution in [-0.4, -0.2) is 29.8 Å². The molecule has 0 bridgehead atoms. The Morgan fingerprint density at radius 3 is 2.52 bits per heavy atom. The number of hydrogen-bond donors (Lipinski definition) is 2. The molecule has 1 aromatic heterocycles. The first kappa shape index (κ1) is 15.3. The number of anilines is 2. The van der Waals surface area contributed by atoms with Gasteiger partial charge < -0.3 is 15.3 Å². The molecule has 0 fully saturated rings. The van der Waals surface area contributed by atoms with Crippen molar-refractivity contribution in [1.29, 1.82) is 0 Å². The molecule has 4 heteroatoms. The van der Waals surface area contributed by atoms with Gasteiger partial charge in [-0.25, -0.2) is 0 Å². The fraction of sp³-hybridized carbons (Fsp3) is 0.353. The third-order valence-corrected chi connectivity index (χ3v) is 3.50. The van der Waals surface area contributed by atoms with Crippen molar-refractivity contribution in [2.24, 2.45) is 0 Å². The van der Waals surface area contributed by atoms with Crippen molar-refractivity contribution in [3.8, 4) is 0 Å². The molecule has 0 aliphatic rings. The van der Waals surface area contributed by atoms with Crippen LogP contribution in [-0.2, 0) is 0 Å². The lowest BCUT2D eigenvalue weighted by molar-refractivity contribution is 0.302. The van der Waals surface area contributed by atoms with Gasteiger partial charge in [-0.3, -0.25) is 4.98 Å². The van der Waals surface area contributed by atoms with E-state index in [1.165, 1.54) is 0 Å². The smallest absolute Gasteiger partial charge is 0.0657 e. The second-order valence-electron chi connectivity index (χ2n) is 4.97. The maximum atomic E-state index is 9.07. The first-order valence-corrected chi connectivity index (χ1v) is 7.38. The Balaban J connectivity index is 2.02. The van der Waals surface area contributed by atoms with E-state index in [2.05, 4.69) is 53.3 Å². The van der Waals surface area contributed by atoms with Crippen LogP contribution >= 0.6 is 0 Å². The highest BCUT2D eigenvalue weighted by molar-refractivity contribution is 5.55. The number of aliphatic hydroxyl groups is 1. The Morgan fingerprint density at radius 1 is 1.19 bits per heavy atom. The topological polar surface area (TPSA) is 48.4 Å². The maximum absolute atomic E-state index is 9.07. The highest BCUT2D eigenvalue weighted by atomic mass is 16.3. The molecule has 112 valence electrons. The van der Waals surface area contributed by atoms with Gasteiger partial charge in [0.2, 0.25) is 0 Å². The number of aromatic nitrogens is 1. The molecule has 4 nitrogen and oxygen atoms in total. The Kier molecular flexibility index (Phi) is 5.58. The molecule has 1 aromatic carbocycles. The normalized spacial score (nSPS) is 12.0. The predicted molar refractivity (Wildman–Crippen MR) is 87.7 cm³/mol. The number of hydrogen-bond acceptors (Lipinski definition) is 4. The van der Waals surface area contributed by atoms with Crippen molar-refractivity contribution < 1.29 is 5.11 Å². The third kappa shape index (κ3) is 4.20. The number of rotatable bonds is 7. The lowest BCUT2D eigenvalue weighted by atomic mass is 10.2. The summed E-state index contributed by atoms with van der Waals surface area (Å²) < 4.78 is 0. The molecule has 0 amide bonds. The largest absolute Gasteiger partial charge is 0.395 e. The molecule has 1 atom stereocenters. The molecule has 0 aliphatic heterocycles. The molecule has 2 rings (SSSR count). The lowest BCUT2D eigenvalue weighted by Gasteiger charge is -2.22. The number of aliphatic hydroxyl groups excluding tert-OH is 1. The van der Waals surface area contributed by atoms with Crippen molar-refractivity contribution in [2.45, 2.75) is 19.9 Å². The monoisotopic (exact) mass is 285 g/mol. The fourth-order valence-corrected chi connectivity index (χ4v) is 2.32. The van der Waals surface area contributed by atoms with Crippen molar-refractivity contribution in [3.63, 3.8) is 0 Å². The molecule has 1 unspecified atom stereocenters. The summed E-state index contributed by atoms with van der Waals surface area (Å²) in [7, 11) is 0. The average molecular weight is 285 g/mol. The minimum absolute atomic E-state index is 0.164. The van der Waals surface area contributed by atoms with E-state index in [1.54, 1.807) is 0 Å². The minimum Gasteiger partial charge on any atom is -0.395 e. The summed E-state index contributed by atoms with van der Waals surface area (Å²) in [6.45, 7) is 5.90. The summed E-state index contributed by atoms with van der Waals surface area (Å²) in [5, 5.41) is 12.5. The summed E-state index contributed by atoms with van der Waals surface area (Å²) in [4.78, 5) is 6.50. The van der Waals surface area contributed by atoms with E-state index in [9.17, 15) is 0 Å². The van der Waals surface area contributed by atoms with Gasteiger partial charge in [0.25, 0.3) is 0 Å². The zero-order valence-electron chi connectivity index (χ0n) is 12.7. The van der Waals surface area contributed by atoms with E-state index in [0.29, 0.717) is 6.54 Å². The quantitative estimate of drug-likeness (QED) is 0.821. The van der Waals surface area contributed by atoms with Gasteiger partial charge in [-0.1, -0.05) is 6.07 Å². The predicted octanol–water partition coefficient (Wildman–Crippen LogP) is 3.07. The van der Waals surface area contributed by atoms with Crippen LogP contribution in [0.25, 0.3) is 0 Å². The Morgan fingerprint density at radius 2 is 1.95 bits per heavy atom. The van der Waals surface area contributed by atoms with Crippen LogP contribution in [0.3, 0.4) is 0 Å². The van der Waals surface area contributed by atoms with Gasteiger partial charge in [0.15, 0.2) is 0 Å². The molecule has 21 heavy (non-hydrogen) atoms. The van der Waals surface area contributed by atoms with E-state index in [4.69, 9.17) is 5.11 Å². The Hall–Kier alpha value is -2.07. The highest BCUT2D eigenvalue weighted by Crippen LogP contribution is 2.21. The van der Waals surface area contributed by atoms with Crippen LogP contribution in [0.4, 0.5) is 11.4 Å². The molecular weight excluding hydrogens is 262 g/mol. The second kappa shape index (κ2) is 7.64. The van der Waals surface area contributed by atoms with Crippen molar-refractivity contribution in [1.82, 2.24) is 4.98 Å². The van der Waals surface area contributed by atoms with Gasteiger partial charge >= 0.3 is 0 Å². The number of benzene rings is 1. The molecule has 0 saturated heterocycles. The van der Waals surface area contributed by atoms with Gasteiger partial charge in [-0.15, -0.1) is 0 Å². The molecule has 2 N–H and O–H groups in total. The average Bonchev–Trinajstić information content (AvgIpc) is 2.54. The van der Waals surface area contributed by atoms with Crippen LogP contribution < -0.4 is 10.2 Å². The van der Waals surface area contributed by atoms with Crippen LogP contribution in [0, 0.1) is 0 Å².